The molecule has 0 spiro atoms. The summed E-state index contributed by atoms with van der Waals surface area (Å²) in [7, 11) is 1.67. The number of benzene rings is 3. The van der Waals surface area contributed by atoms with Crippen molar-refractivity contribution in [3.8, 4) is 5.75 Å². The number of nitrogens with two attached hydrogens (primary N) is 1. The molecule has 3 aromatic rings. The Kier molecular flexibility index (Phi) is 9.34. The second kappa shape index (κ2) is 11.5. The van der Waals surface area contributed by atoms with E-state index in [0.29, 0.717) is 0 Å². The number of methoxy groups -OCH3 is 1. The Morgan fingerprint density at radius 2 is 1.38 bits per heavy atom. The van der Waals surface area contributed by atoms with E-state index in [1.54, 1.807) is 7.11 Å². The van der Waals surface area contributed by atoms with Gasteiger partial charge in [-0.1, -0.05) is 75.0 Å². The van der Waals surface area contributed by atoms with E-state index >= 15 is 0 Å². The van der Waals surface area contributed by atoms with Crippen LogP contribution in [0.3, 0.4) is 0 Å². The van der Waals surface area contributed by atoms with Crippen LogP contribution in [-0.4, -0.2) is 7.11 Å². The summed E-state index contributed by atoms with van der Waals surface area (Å²) in [6.45, 7) is 10.1. The smallest absolute Gasteiger partial charge is 0.118 e. The summed E-state index contributed by atoms with van der Waals surface area (Å²) in [5.41, 5.74) is 10.8. The standard InChI is InChI=1S/C15H14O.C7H9N.C2H6/c1-12(13-6-4-3-5-7-13)14-8-10-15(16-2)11-9-14;1-6-3-2-4-7(8)5-6;1-2/h3-11H,1H2,2H3;2-5H,8H2,1H3;1-2H3. The first kappa shape index (κ1) is 21.0. The van der Waals surface area contributed by atoms with E-state index in [9.17, 15) is 0 Å². The topological polar surface area (TPSA) is 35.2 Å². The molecular weight excluding hydrogens is 318 g/mol. The fraction of sp³-hybridized carbons (Fsp3) is 0.167. The Labute approximate surface area is 158 Å². The summed E-state index contributed by atoms with van der Waals surface area (Å²) in [6.07, 6.45) is 0. The quantitative estimate of drug-likeness (QED) is 0.559. The molecule has 3 aromatic carbocycles. The summed E-state index contributed by atoms with van der Waals surface area (Å²) in [4.78, 5) is 0. The monoisotopic (exact) mass is 347 g/mol. The number of anilines is 1. The van der Waals surface area contributed by atoms with Crippen molar-refractivity contribution < 1.29 is 4.74 Å². The highest BCUT2D eigenvalue weighted by atomic mass is 16.5. The maximum atomic E-state index is 5.46. The van der Waals surface area contributed by atoms with E-state index in [1.165, 1.54) is 5.56 Å². The highest BCUT2D eigenvalue weighted by molar-refractivity contribution is 5.78. The van der Waals surface area contributed by atoms with Crippen LogP contribution in [0.1, 0.15) is 30.5 Å². The van der Waals surface area contributed by atoms with Gasteiger partial charge in [-0.05, 0) is 53.5 Å². The van der Waals surface area contributed by atoms with Gasteiger partial charge >= 0.3 is 0 Å². The minimum Gasteiger partial charge on any atom is -0.497 e. The Morgan fingerprint density at radius 1 is 0.808 bits per heavy atom. The minimum atomic E-state index is 0.838. The van der Waals surface area contributed by atoms with E-state index in [1.807, 2.05) is 87.5 Å². The van der Waals surface area contributed by atoms with Crippen LogP contribution in [-0.2, 0) is 0 Å². The molecule has 0 saturated carbocycles. The minimum absolute atomic E-state index is 0.838. The first-order valence-corrected chi connectivity index (χ1v) is 8.81. The van der Waals surface area contributed by atoms with E-state index in [2.05, 4.69) is 18.7 Å². The molecule has 0 fully saturated rings. The summed E-state index contributed by atoms with van der Waals surface area (Å²) in [6, 6.07) is 25.9. The first-order valence-electron chi connectivity index (χ1n) is 8.81. The van der Waals surface area contributed by atoms with Crippen molar-refractivity contribution in [2.45, 2.75) is 20.8 Å². The maximum Gasteiger partial charge on any atom is 0.118 e. The SMILES string of the molecule is C=C(c1ccccc1)c1ccc(OC)cc1.CC.Cc1cccc(N)c1. The lowest BCUT2D eigenvalue weighted by Gasteiger charge is -2.07. The predicted octanol–water partition coefficient (Wildman–Crippen LogP) is 6.36. The fourth-order valence-electron chi connectivity index (χ4n) is 2.27. The van der Waals surface area contributed by atoms with Gasteiger partial charge in [-0.2, -0.15) is 0 Å². The van der Waals surface area contributed by atoms with E-state index in [-0.39, 0.29) is 0 Å². The highest BCUT2D eigenvalue weighted by Gasteiger charge is 2.01. The molecule has 0 unspecified atom stereocenters. The zero-order valence-corrected chi connectivity index (χ0v) is 16.2. The largest absolute Gasteiger partial charge is 0.497 e. The van der Waals surface area contributed by atoms with Crippen molar-refractivity contribution in [3.05, 3.63) is 102 Å². The van der Waals surface area contributed by atoms with Gasteiger partial charge in [0.25, 0.3) is 0 Å². The van der Waals surface area contributed by atoms with Crippen LogP contribution in [0.5, 0.6) is 5.75 Å². The number of hydrogen-bond donors (Lipinski definition) is 1. The average molecular weight is 348 g/mol. The maximum absolute atomic E-state index is 5.46. The Hall–Kier alpha value is -3.00. The van der Waals surface area contributed by atoms with Crippen molar-refractivity contribution in [3.63, 3.8) is 0 Å². The van der Waals surface area contributed by atoms with Crippen molar-refractivity contribution >= 4 is 11.3 Å². The highest BCUT2D eigenvalue weighted by Crippen LogP contribution is 2.23. The van der Waals surface area contributed by atoms with Gasteiger partial charge in [-0.25, -0.2) is 0 Å². The molecule has 0 atom stereocenters. The number of rotatable bonds is 3. The number of ether oxygens (including phenoxy) is 1. The average Bonchev–Trinajstić information content (AvgIpc) is 2.70. The van der Waals surface area contributed by atoms with Crippen LogP contribution in [0.15, 0.2) is 85.4 Å². The third-order valence-electron chi connectivity index (χ3n) is 3.60. The van der Waals surface area contributed by atoms with Crippen LogP contribution in [0.4, 0.5) is 5.69 Å². The molecule has 0 heterocycles. The Morgan fingerprint density at radius 3 is 1.85 bits per heavy atom. The molecule has 2 N–H and O–H groups in total. The molecule has 0 saturated heterocycles. The molecule has 0 aromatic heterocycles. The third-order valence-corrected chi connectivity index (χ3v) is 3.60. The van der Waals surface area contributed by atoms with Crippen molar-refractivity contribution in [1.82, 2.24) is 0 Å². The van der Waals surface area contributed by atoms with Crippen molar-refractivity contribution in [1.29, 1.82) is 0 Å². The molecular formula is C24H29NO. The van der Waals surface area contributed by atoms with Crippen LogP contribution < -0.4 is 10.5 Å². The van der Waals surface area contributed by atoms with Crippen LogP contribution in [0, 0.1) is 6.92 Å². The van der Waals surface area contributed by atoms with Crippen molar-refractivity contribution in [2.24, 2.45) is 0 Å². The third kappa shape index (κ3) is 6.86. The van der Waals surface area contributed by atoms with Crippen LogP contribution in [0.25, 0.3) is 5.57 Å². The number of nitrogen functional groups attached to an aromatic ring is 1. The van der Waals surface area contributed by atoms with Crippen molar-refractivity contribution in [2.75, 3.05) is 12.8 Å². The molecule has 0 bridgehead atoms. The van der Waals surface area contributed by atoms with E-state index < -0.39 is 0 Å². The lowest BCUT2D eigenvalue weighted by molar-refractivity contribution is 0.415. The van der Waals surface area contributed by atoms with E-state index in [4.69, 9.17) is 10.5 Å². The molecule has 3 rings (SSSR count). The van der Waals surface area contributed by atoms with Gasteiger partial charge in [-0.15, -0.1) is 0 Å². The van der Waals surface area contributed by atoms with Gasteiger partial charge in [0.2, 0.25) is 0 Å². The zero-order valence-electron chi connectivity index (χ0n) is 16.2. The van der Waals surface area contributed by atoms with Gasteiger partial charge in [0.05, 0.1) is 7.11 Å². The fourth-order valence-corrected chi connectivity index (χ4v) is 2.27. The first-order chi connectivity index (χ1) is 12.6. The van der Waals surface area contributed by atoms with Gasteiger partial charge in [0, 0.05) is 5.69 Å². The second-order valence-electron chi connectivity index (χ2n) is 5.49. The van der Waals surface area contributed by atoms with Gasteiger partial charge in [0.15, 0.2) is 0 Å². The summed E-state index contributed by atoms with van der Waals surface area (Å²) >= 11 is 0. The molecule has 0 aliphatic carbocycles. The van der Waals surface area contributed by atoms with E-state index in [0.717, 1.165) is 28.1 Å². The normalized spacial score (nSPS) is 9.08. The molecule has 2 heteroatoms. The van der Waals surface area contributed by atoms with Gasteiger partial charge < -0.3 is 10.5 Å². The van der Waals surface area contributed by atoms with Gasteiger partial charge in [0.1, 0.15) is 5.75 Å². The molecule has 0 radical (unpaired) electrons. The zero-order chi connectivity index (χ0) is 19.4. The second-order valence-corrected chi connectivity index (χ2v) is 5.49. The van der Waals surface area contributed by atoms with Gasteiger partial charge in [-0.3, -0.25) is 0 Å². The molecule has 136 valence electrons. The Bertz CT molecular complexity index is 760. The van der Waals surface area contributed by atoms with Crippen LogP contribution in [0.2, 0.25) is 0 Å². The molecule has 0 aliphatic rings. The lowest BCUT2D eigenvalue weighted by Crippen LogP contribution is -1.87. The molecule has 0 amide bonds. The molecule has 2 nitrogen and oxygen atoms in total. The summed E-state index contributed by atoms with van der Waals surface area (Å²) < 4.78 is 5.12. The predicted molar refractivity (Wildman–Crippen MR) is 115 cm³/mol. The summed E-state index contributed by atoms with van der Waals surface area (Å²) in [5.74, 6) is 0.865. The van der Waals surface area contributed by atoms with Crippen LogP contribution >= 0.6 is 0 Å². The lowest BCUT2D eigenvalue weighted by atomic mass is 10.00. The molecule has 0 aliphatic heterocycles. The Balaban J connectivity index is 0.000000284. The number of hydrogen-bond acceptors (Lipinski definition) is 2. The molecule has 26 heavy (non-hydrogen) atoms. The summed E-state index contributed by atoms with van der Waals surface area (Å²) in [5, 5.41) is 0. The number of aryl methyl sites for hydroxylation is 1.